The second kappa shape index (κ2) is 8.64. The molecule has 6 heteroatoms. The van der Waals surface area contributed by atoms with Gasteiger partial charge in [0, 0.05) is 31.7 Å². The molecule has 0 radical (unpaired) electrons. The summed E-state index contributed by atoms with van der Waals surface area (Å²) in [5.41, 5.74) is 1.16. The zero-order chi connectivity index (χ0) is 18.4. The molecule has 1 atom stereocenters. The number of piperidine rings is 1. The maximum absolute atomic E-state index is 12.5. The SMILES string of the molecule is O=C(CN1CCCC(C(=O)O)C1)NCC1(c2ccccc2)CCOCC1. The lowest BCUT2D eigenvalue weighted by Crippen LogP contribution is -2.48. The van der Waals surface area contributed by atoms with Gasteiger partial charge in [-0.05, 0) is 37.8 Å². The van der Waals surface area contributed by atoms with Gasteiger partial charge in [-0.2, -0.15) is 0 Å². The van der Waals surface area contributed by atoms with Crippen molar-refractivity contribution >= 4 is 11.9 Å². The minimum absolute atomic E-state index is 0.0298. The highest BCUT2D eigenvalue weighted by Gasteiger charge is 2.35. The average molecular weight is 360 g/mol. The van der Waals surface area contributed by atoms with Crippen LogP contribution >= 0.6 is 0 Å². The molecule has 26 heavy (non-hydrogen) atoms. The standard InChI is InChI=1S/C20H28N2O4/c23-18(14-22-10-4-5-16(13-22)19(24)25)21-15-20(8-11-26-12-9-20)17-6-2-1-3-7-17/h1-3,6-7,16H,4-5,8-15H2,(H,21,23)(H,24,25). The number of rotatable bonds is 6. The number of carbonyl (C=O) groups excluding carboxylic acids is 1. The Morgan fingerprint density at radius 1 is 1.23 bits per heavy atom. The third kappa shape index (κ3) is 4.62. The maximum Gasteiger partial charge on any atom is 0.307 e. The van der Waals surface area contributed by atoms with E-state index in [1.165, 1.54) is 5.56 Å². The lowest BCUT2D eigenvalue weighted by atomic mass is 9.74. The minimum Gasteiger partial charge on any atom is -0.481 e. The van der Waals surface area contributed by atoms with E-state index in [9.17, 15) is 14.7 Å². The summed E-state index contributed by atoms with van der Waals surface area (Å²) in [4.78, 5) is 25.6. The highest BCUT2D eigenvalue weighted by Crippen LogP contribution is 2.34. The van der Waals surface area contributed by atoms with Crippen molar-refractivity contribution in [3.05, 3.63) is 35.9 Å². The fraction of sp³-hybridized carbons (Fsp3) is 0.600. The molecule has 2 aliphatic heterocycles. The molecule has 0 spiro atoms. The van der Waals surface area contributed by atoms with Gasteiger partial charge >= 0.3 is 5.97 Å². The van der Waals surface area contributed by atoms with E-state index in [4.69, 9.17) is 4.74 Å². The van der Waals surface area contributed by atoms with E-state index in [0.717, 1.165) is 25.8 Å². The molecule has 2 N–H and O–H groups in total. The first kappa shape index (κ1) is 18.9. The van der Waals surface area contributed by atoms with Crippen LogP contribution < -0.4 is 5.32 Å². The molecular weight excluding hydrogens is 332 g/mol. The van der Waals surface area contributed by atoms with Crippen molar-refractivity contribution in [2.75, 3.05) is 39.4 Å². The fourth-order valence-electron chi connectivity index (χ4n) is 4.05. The minimum atomic E-state index is -0.764. The largest absolute Gasteiger partial charge is 0.481 e. The van der Waals surface area contributed by atoms with Gasteiger partial charge in [-0.25, -0.2) is 0 Å². The number of nitrogens with zero attached hydrogens (tertiary/aromatic N) is 1. The van der Waals surface area contributed by atoms with E-state index < -0.39 is 5.97 Å². The van der Waals surface area contributed by atoms with Crippen LogP contribution in [0, 0.1) is 5.92 Å². The topological polar surface area (TPSA) is 78.9 Å². The molecule has 6 nitrogen and oxygen atoms in total. The summed E-state index contributed by atoms with van der Waals surface area (Å²) >= 11 is 0. The van der Waals surface area contributed by atoms with Crippen LogP contribution in [0.15, 0.2) is 30.3 Å². The second-order valence-electron chi connectivity index (χ2n) is 7.45. The molecule has 0 bridgehead atoms. The lowest BCUT2D eigenvalue weighted by molar-refractivity contribution is -0.144. The molecule has 2 saturated heterocycles. The summed E-state index contributed by atoms with van der Waals surface area (Å²) in [6, 6.07) is 10.3. The molecule has 142 valence electrons. The molecule has 0 saturated carbocycles. The number of amides is 1. The first-order valence-corrected chi connectivity index (χ1v) is 9.44. The Bertz CT molecular complexity index is 613. The van der Waals surface area contributed by atoms with Crippen molar-refractivity contribution in [1.82, 2.24) is 10.2 Å². The van der Waals surface area contributed by atoms with Gasteiger partial charge in [-0.3, -0.25) is 14.5 Å². The van der Waals surface area contributed by atoms with Gasteiger partial charge in [0.15, 0.2) is 0 Å². The summed E-state index contributed by atoms with van der Waals surface area (Å²) in [7, 11) is 0. The monoisotopic (exact) mass is 360 g/mol. The Balaban J connectivity index is 1.57. The van der Waals surface area contributed by atoms with Gasteiger partial charge in [0.05, 0.1) is 12.5 Å². The highest BCUT2D eigenvalue weighted by molar-refractivity contribution is 5.78. The van der Waals surface area contributed by atoms with E-state index in [1.807, 2.05) is 23.1 Å². The summed E-state index contributed by atoms with van der Waals surface area (Å²) in [5.74, 6) is -1.15. The van der Waals surface area contributed by atoms with Gasteiger partial charge in [0.25, 0.3) is 0 Å². The number of hydrogen-bond acceptors (Lipinski definition) is 4. The zero-order valence-corrected chi connectivity index (χ0v) is 15.2. The van der Waals surface area contributed by atoms with Crippen molar-refractivity contribution in [3.63, 3.8) is 0 Å². The van der Waals surface area contributed by atoms with Crippen LogP contribution in [0.2, 0.25) is 0 Å². The smallest absolute Gasteiger partial charge is 0.307 e. The third-order valence-electron chi connectivity index (χ3n) is 5.68. The summed E-state index contributed by atoms with van der Waals surface area (Å²) in [6.45, 7) is 3.52. The third-order valence-corrected chi connectivity index (χ3v) is 5.68. The van der Waals surface area contributed by atoms with Crippen LogP contribution in [-0.4, -0.2) is 61.3 Å². The van der Waals surface area contributed by atoms with Crippen molar-refractivity contribution in [3.8, 4) is 0 Å². The van der Waals surface area contributed by atoms with Crippen molar-refractivity contribution in [2.24, 2.45) is 5.92 Å². The molecule has 0 aliphatic carbocycles. The molecule has 2 aliphatic rings. The number of aliphatic carboxylic acids is 1. The average Bonchev–Trinajstić information content (AvgIpc) is 2.68. The van der Waals surface area contributed by atoms with Crippen LogP contribution in [-0.2, 0) is 19.7 Å². The number of carboxylic acids is 1. The predicted octanol–water partition coefficient (Wildman–Crippen LogP) is 1.65. The Morgan fingerprint density at radius 3 is 2.65 bits per heavy atom. The molecule has 1 aromatic rings. The first-order chi connectivity index (χ1) is 12.6. The summed E-state index contributed by atoms with van der Waals surface area (Å²) in [5, 5.41) is 12.3. The van der Waals surface area contributed by atoms with Crippen molar-refractivity contribution < 1.29 is 19.4 Å². The Labute approximate surface area is 154 Å². The summed E-state index contributed by atoms with van der Waals surface area (Å²) < 4.78 is 5.53. The molecular formula is C20H28N2O4. The summed E-state index contributed by atoms with van der Waals surface area (Å²) in [6.07, 6.45) is 3.31. The highest BCUT2D eigenvalue weighted by atomic mass is 16.5. The number of ether oxygens (including phenoxy) is 1. The Morgan fingerprint density at radius 2 is 1.96 bits per heavy atom. The number of carbonyl (C=O) groups is 2. The van der Waals surface area contributed by atoms with Crippen LogP contribution in [0.4, 0.5) is 0 Å². The molecule has 0 aromatic heterocycles. The quantitative estimate of drug-likeness (QED) is 0.806. The van der Waals surface area contributed by atoms with Crippen LogP contribution in [0.1, 0.15) is 31.2 Å². The number of hydrogen-bond donors (Lipinski definition) is 2. The van der Waals surface area contributed by atoms with Crippen LogP contribution in [0.5, 0.6) is 0 Å². The zero-order valence-electron chi connectivity index (χ0n) is 15.2. The number of benzene rings is 1. The number of carboxylic acid groups (broad SMARTS) is 1. The van der Waals surface area contributed by atoms with E-state index in [1.54, 1.807) is 0 Å². The molecule has 1 aromatic carbocycles. The Hall–Kier alpha value is -1.92. The van der Waals surface area contributed by atoms with E-state index in [2.05, 4.69) is 17.4 Å². The van der Waals surface area contributed by atoms with Gasteiger partial charge in [-0.1, -0.05) is 30.3 Å². The fourth-order valence-corrected chi connectivity index (χ4v) is 4.05. The van der Waals surface area contributed by atoms with Gasteiger partial charge < -0.3 is 15.2 Å². The van der Waals surface area contributed by atoms with Gasteiger partial charge in [0.2, 0.25) is 5.91 Å². The van der Waals surface area contributed by atoms with Crippen LogP contribution in [0.25, 0.3) is 0 Å². The molecule has 3 rings (SSSR count). The Kier molecular flexibility index (Phi) is 6.27. The molecule has 1 unspecified atom stereocenters. The molecule has 1 amide bonds. The number of nitrogens with one attached hydrogen (secondary N) is 1. The predicted molar refractivity (Wildman–Crippen MR) is 98.0 cm³/mol. The van der Waals surface area contributed by atoms with Gasteiger partial charge in [0.1, 0.15) is 0 Å². The lowest BCUT2D eigenvalue weighted by Gasteiger charge is -2.38. The molecule has 2 fully saturated rings. The maximum atomic E-state index is 12.5. The van der Waals surface area contributed by atoms with Crippen molar-refractivity contribution in [1.29, 1.82) is 0 Å². The van der Waals surface area contributed by atoms with Gasteiger partial charge in [-0.15, -0.1) is 0 Å². The first-order valence-electron chi connectivity index (χ1n) is 9.44. The molecule has 2 heterocycles. The van der Waals surface area contributed by atoms with Crippen LogP contribution in [0.3, 0.4) is 0 Å². The van der Waals surface area contributed by atoms with Crippen molar-refractivity contribution in [2.45, 2.75) is 31.1 Å². The normalized spacial score (nSPS) is 23.3. The van der Waals surface area contributed by atoms with E-state index >= 15 is 0 Å². The van der Waals surface area contributed by atoms with E-state index in [0.29, 0.717) is 32.7 Å². The second-order valence-corrected chi connectivity index (χ2v) is 7.45. The number of likely N-dealkylation sites (tertiary alicyclic amines) is 1. The van der Waals surface area contributed by atoms with E-state index in [-0.39, 0.29) is 23.8 Å².